The molecule has 0 saturated heterocycles. The summed E-state index contributed by atoms with van der Waals surface area (Å²) in [7, 11) is 0. The molecule has 1 aromatic heterocycles. The summed E-state index contributed by atoms with van der Waals surface area (Å²) in [6.45, 7) is 2.25. The number of aliphatic hydroxyl groups is 1. The predicted molar refractivity (Wildman–Crippen MR) is 81.5 cm³/mol. The van der Waals surface area contributed by atoms with Gasteiger partial charge in [-0.2, -0.15) is 5.10 Å². The van der Waals surface area contributed by atoms with Crippen LogP contribution < -0.4 is 10.6 Å². The molecule has 6 nitrogen and oxygen atoms in total. The molecule has 0 aliphatic carbocycles. The summed E-state index contributed by atoms with van der Waals surface area (Å²) < 4.78 is 1.74. The molecule has 0 aliphatic heterocycles. The topological polar surface area (TPSA) is 79.2 Å². The van der Waals surface area contributed by atoms with E-state index in [0.717, 1.165) is 12.1 Å². The highest BCUT2D eigenvalue weighted by molar-refractivity contribution is 5.89. The predicted octanol–water partition coefficient (Wildman–Crippen LogP) is 2.15. The fourth-order valence-corrected chi connectivity index (χ4v) is 1.94. The second-order valence-electron chi connectivity index (χ2n) is 4.78. The SMILES string of the molecule is CCCC(O)CNC(=O)Nc1ccc(-n2cccn2)cc1. The van der Waals surface area contributed by atoms with Gasteiger partial charge in [0.1, 0.15) is 0 Å². The van der Waals surface area contributed by atoms with Gasteiger partial charge in [0.2, 0.25) is 0 Å². The number of anilines is 1. The number of aromatic nitrogens is 2. The largest absolute Gasteiger partial charge is 0.391 e. The zero-order valence-corrected chi connectivity index (χ0v) is 12.0. The van der Waals surface area contributed by atoms with Gasteiger partial charge in [-0.25, -0.2) is 9.48 Å². The Bertz CT molecular complexity index is 552. The highest BCUT2D eigenvalue weighted by Gasteiger charge is 2.06. The van der Waals surface area contributed by atoms with Gasteiger partial charge >= 0.3 is 6.03 Å². The second kappa shape index (κ2) is 7.44. The van der Waals surface area contributed by atoms with Crippen LogP contribution >= 0.6 is 0 Å². The van der Waals surface area contributed by atoms with Crippen LogP contribution in [0.1, 0.15) is 19.8 Å². The van der Waals surface area contributed by atoms with Crippen molar-refractivity contribution in [3.63, 3.8) is 0 Å². The minimum Gasteiger partial charge on any atom is -0.391 e. The third kappa shape index (κ3) is 4.61. The minimum absolute atomic E-state index is 0.255. The first-order chi connectivity index (χ1) is 10.2. The molecule has 112 valence electrons. The number of hydrogen-bond acceptors (Lipinski definition) is 3. The number of amides is 2. The van der Waals surface area contributed by atoms with Crippen molar-refractivity contribution < 1.29 is 9.90 Å². The number of benzene rings is 1. The molecule has 0 radical (unpaired) electrons. The highest BCUT2D eigenvalue weighted by Crippen LogP contribution is 2.12. The average Bonchev–Trinajstić information content (AvgIpc) is 3.00. The van der Waals surface area contributed by atoms with Crippen LogP contribution in [-0.2, 0) is 0 Å². The lowest BCUT2D eigenvalue weighted by Crippen LogP contribution is -2.35. The second-order valence-corrected chi connectivity index (χ2v) is 4.78. The molecule has 2 rings (SSSR count). The van der Waals surface area contributed by atoms with Gasteiger partial charge in [0.05, 0.1) is 11.8 Å². The van der Waals surface area contributed by atoms with Crippen LogP contribution in [-0.4, -0.2) is 33.6 Å². The molecule has 0 bridgehead atoms. The smallest absolute Gasteiger partial charge is 0.319 e. The van der Waals surface area contributed by atoms with Crippen molar-refractivity contribution in [3.8, 4) is 5.69 Å². The molecular formula is C15H20N4O2. The number of carbonyl (C=O) groups excluding carboxylic acids is 1. The number of nitrogens with one attached hydrogen (secondary N) is 2. The maximum atomic E-state index is 11.7. The summed E-state index contributed by atoms with van der Waals surface area (Å²) in [6, 6.07) is 8.87. The van der Waals surface area contributed by atoms with Gasteiger partial charge in [0.25, 0.3) is 0 Å². The normalized spacial score (nSPS) is 11.9. The van der Waals surface area contributed by atoms with Crippen LogP contribution in [0.15, 0.2) is 42.7 Å². The number of aliphatic hydroxyl groups excluding tert-OH is 1. The van der Waals surface area contributed by atoms with E-state index in [0.29, 0.717) is 12.1 Å². The first-order valence-corrected chi connectivity index (χ1v) is 7.02. The molecule has 6 heteroatoms. The van der Waals surface area contributed by atoms with E-state index < -0.39 is 6.10 Å². The van der Waals surface area contributed by atoms with Crippen molar-refractivity contribution in [2.45, 2.75) is 25.9 Å². The van der Waals surface area contributed by atoms with Crippen LogP contribution in [0.4, 0.5) is 10.5 Å². The van der Waals surface area contributed by atoms with Gasteiger partial charge < -0.3 is 15.7 Å². The lowest BCUT2D eigenvalue weighted by atomic mass is 10.2. The summed E-state index contributed by atoms with van der Waals surface area (Å²) >= 11 is 0. The molecule has 0 spiro atoms. The summed E-state index contributed by atoms with van der Waals surface area (Å²) in [5.41, 5.74) is 1.61. The lowest BCUT2D eigenvalue weighted by molar-refractivity contribution is 0.162. The van der Waals surface area contributed by atoms with Crippen molar-refractivity contribution in [3.05, 3.63) is 42.7 Å². The van der Waals surface area contributed by atoms with Crippen molar-refractivity contribution >= 4 is 11.7 Å². The minimum atomic E-state index is -0.497. The maximum absolute atomic E-state index is 11.7. The fourth-order valence-electron chi connectivity index (χ4n) is 1.94. The molecule has 2 aromatic rings. The van der Waals surface area contributed by atoms with Gasteiger partial charge in [0.15, 0.2) is 0 Å². The Hall–Kier alpha value is -2.34. The van der Waals surface area contributed by atoms with E-state index in [2.05, 4.69) is 15.7 Å². The lowest BCUT2D eigenvalue weighted by Gasteiger charge is -2.12. The van der Waals surface area contributed by atoms with Crippen molar-refractivity contribution in [2.75, 3.05) is 11.9 Å². The standard InChI is InChI=1S/C15H20N4O2/c1-2-4-14(20)11-16-15(21)18-12-5-7-13(8-6-12)19-10-3-9-17-19/h3,5-10,14,20H,2,4,11H2,1H3,(H2,16,18,21). The zero-order chi connectivity index (χ0) is 15.1. The number of carbonyl (C=O) groups is 1. The fraction of sp³-hybridized carbons (Fsp3) is 0.333. The number of urea groups is 1. The highest BCUT2D eigenvalue weighted by atomic mass is 16.3. The molecule has 1 heterocycles. The molecule has 2 amide bonds. The summed E-state index contributed by atoms with van der Waals surface area (Å²) in [5, 5.41) is 19.0. The van der Waals surface area contributed by atoms with Gasteiger partial charge in [-0.3, -0.25) is 0 Å². The van der Waals surface area contributed by atoms with Gasteiger partial charge in [-0.1, -0.05) is 13.3 Å². The van der Waals surface area contributed by atoms with Crippen molar-refractivity contribution in [1.29, 1.82) is 0 Å². The van der Waals surface area contributed by atoms with Crippen LogP contribution in [0.3, 0.4) is 0 Å². The molecule has 0 fully saturated rings. The van der Waals surface area contributed by atoms with E-state index in [9.17, 15) is 9.90 Å². The summed E-state index contributed by atoms with van der Waals surface area (Å²) in [6.07, 6.45) is 4.63. The number of rotatable bonds is 6. The van der Waals surface area contributed by atoms with E-state index in [-0.39, 0.29) is 12.6 Å². The van der Waals surface area contributed by atoms with Gasteiger partial charge in [-0.15, -0.1) is 0 Å². The van der Waals surface area contributed by atoms with Crippen LogP contribution in [0.5, 0.6) is 0 Å². The quantitative estimate of drug-likeness (QED) is 0.762. The Morgan fingerprint density at radius 3 is 2.76 bits per heavy atom. The van der Waals surface area contributed by atoms with Crippen molar-refractivity contribution in [1.82, 2.24) is 15.1 Å². The Morgan fingerprint density at radius 2 is 2.14 bits per heavy atom. The Morgan fingerprint density at radius 1 is 1.38 bits per heavy atom. The molecule has 0 aliphatic rings. The van der Waals surface area contributed by atoms with Crippen molar-refractivity contribution in [2.24, 2.45) is 0 Å². The van der Waals surface area contributed by atoms with Crippen LogP contribution in [0.2, 0.25) is 0 Å². The molecular weight excluding hydrogens is 268 g/mol. The Balaban J connectivity index is 1.84. The third-order valence-corrected chi connectivity index (χ3v) is 3.01. The summed E-state index contributed by atoms with van der Waals surface area (Å²) in [4.78, 5) is 11.7. The van der Waals surface area contributed by atoms with E-state index in [4.69, 9.17) is 0 Å². The molecule has 1 unspecified atom stereocenters. The molecule has 0 saturated carbocycles. The zero-order valence-electron chi connectivity index (χ0n) is 12.0. The molecule has 1 aromatic carbocycles. The summed E-state index contributed by atoms with van der Waals surface area (Å²) in [5.74, 6) is 0. The maximum Gasteiger partial charge on any atom is 0.319 e. The molecule has 21 heavy (non-hydrogen) atoms. The first kappa shape index (κ1) is 15.1. The van der Waals surface area contributed by atoms with Gasteiger partial charge in [-0.05, 0) is 36.8 Å². The number of nitrogens with zero attached hydrogens (tertiary/aromatic N) is 2. The molecule has 3 N–H and O–H groups in total. The Kier molecular flexibility index (Phi) is 5.34. The first-order valence-electron chi connectivity index (χ1n) is 7.02. The average molecular weight is 288 g/mol. The van der Waals surface area contributed by atoms with Crippen LogP contribution in [0, 0.1) is 0 Å². The van der Waals surface area contributed by atoms with E-state index in [1.807, 2.05) is 31.3 Å². The van der Waals surface area contributed by atoms with Crippen LogP contribution in [0.25, 0.3) is 5.69 Å². The van der Waals surface area contributed by atoms with E-state index in [1.165, 1.54) is 0 Å². The van der Waals surface area contributed by atoms with E-state index >= 15 is 0 Å². The Labute approximate surface area is 123 Å². The van der Waals surface area contributed by atoms with E-state index in [1.54, 1.807) is 23.0 Å². The molecule has 1 atom stereocenters. The van der Waals surface area contributed by atoms with Gasteiger partial charge in [0, 0.05) is 24.6 Å². The third-order valence-electron chi connectivity index (χ3n) is 3.01. The number of hydrogen-bond donors (Lipinski definition) is 3. The monoisotopic (exact) mass is 288 g/mol.